The van der Waals surface area contributed by atoms with Crippen molar-refractivity contribution < 1.29 is 9.47 Å². The van der Waals surface area contributed by atoms with Gasteiger partial charge in [0.25, 0.3) is 0 Å². The van der Waals surface area contributed by atoms with Gasteiger partial charge in [0, 0.05) is 13.2 Å². The molecule has 0 fully saturated rings. The van der Waals surface area contributed by atoms with Crippen LogP contribution in [0.3, 0.4) is 0 Å². The summed E-state index contributed by atoms with van der Waals surface area (Å²) in [7, 11) is 0. The highest BCUT2D eigenvalue weighted by atomic mass is 16.5. The van der Waals surface area contributed by atoms with Crippen LogP contribution in [0, 0.1) is 0 Å². The van der Waals surface area contributed by atoms with E-state index in [-0.39, 0.29) is 0 Å². The fraction of sp³-hybridized carbons (Fsp3) is 0.750. The van der Waals surface area contributed by atoms with E-state index in [2.05, 4.69) is 6.58 Å². The molecule has 0 amide bonds. The van der Waals surface area contributed by atoms with Gasteiger partial charge in [0.2, 0.25) is 0 Å². The van der Waals surface area contributed by atoms with E-state index >= 15 is 0 Å². The fourth-order valence-corrected chi connectivity index (χ4v) is 0.534. The highest BCUT2D eigenvalue weighted by molar-refractivity contribution is 4.93. The van der Waals surface area contributed by atoms with Crippen LogP contribution in [0.5, 0.6) is 0 Å². The van der Waals surface area contributed by atoms with Crippen molar-refractivity contribution in [2.75, 3.05) is 26.4 Å². The predicted molar refractivity (Wildman–Crippen MR) is 42.1 cm³/mol. The SMILES string of the molecule is C=C(COCC)COCC. The van der Waals surface area contributed by atoms with Gasteiger partial charge in [0.1, 0.15) is 0 Å². The van der Waals surface area contributed by atoms with Gasteiger partial charge in [-0.3, -0.25) is 0 Å². The Balaban J connectivity index is 3.09. The smallest absolute Gasteiger partial charge is 0.0696 e. The molecule has 0 aliphatic heterocycles. The Labute approximate surface area is 62.8 Å². The Bertz CT molecular complexity index is 79.3. The lowest BCUT2D eigenvalue weighted by molar-refractivity contribution is 0.132. The summed E-state index contributed by atoms with van der Waals surface area (Å²) in [4.78, 5) is 0. The highest BCUT2D eigenvalue weighted by Crippen LogP contribution is 1.91. The lowest BCUT2D eigenvalue weighted by atomic mass is 10.3. The van der Waals surface area contributed by atoms with Crippen LogP contribution in [0.15, 0.2) is 12.2 Å². The van der Waals surface area contributed by atoms with E-state index in [1.165, 1.54) is 0 Å². The van der Waals surface area contributed by atoms with Gasteiger partial charge in [0.05, 0.1) is 13.2 Å². The van der Waals surface area contributed by atoms with E-state index in [9.17, 15) is 0 Å². The molecule has 0 heterocycles. The Morgan fingerprint density at radius 3 is 1.80 bits per heavy atom. The normalized spacial score (nSPS) is 9.80. The van der Waals surface area contributed by atoms with Crippen LogP contribution in [-0.4, -0.2) is 26.4 Å². The molecule has 0 spiro atoms. The molecule has 0 atom stereocenters. The van der Waals surface area contributed by atoms with Crippen molar-refractivity contribution in [2.24, 2.45) is 0 Å². The van der Waals surface area contributed by atoms with Crippen LogP contribution < -0.4 is 0 Å². The molecule has 0 bridgehead atoms. The molecule has 0 aromatic rings. The molecule has 10 heavy (non-hydrogen) atoms. The summed E-state index contributed by atoms with van der Waals surface area (Å²) in [5.74, 6) is 0. The van der Waals surface area contributed by atoms with Gasteiger partial charge in [-0.25, -0.2) is 0 Å². The molecule has 0 aliphatic rings. The van der Waals surface area contributed by atoms with Crippen molar-refractivity contribution in [1.29, 1.82) is 0 Å². The number of ether oxygens (including phenoxy) is 2. The Morgan fingerprint density at radius 1 is 1.10 bits per heavy atom. The van der Waals surface area contributed by atoms with E-state index in [1.54, 1.807) is 0 Å². The van der Waals surface area contributed by atoms with Gasteiger partial charge in [-0.2, -0.15) is 0 Å². The number of hydrogen-bond acceptors (Lipinski definition) is 2. The number of rotatable bonds is 6. The molecule has 0 aliphatic carbocycles. The van der Waals surface area contributed by atoms with Crippen LogP contribution in [0.1, 0.15) is 13.8 Å². The van der Waals surface area contributed by atoms with Gasteiger partial charge < -0.3 is 9.47 Å². The maximum Gasteiger partial charge on any atom is 0.0696 e. The quantitative estimate of drug-likeness (QED) is 0.527. The lowest BCUT2D eigenvalue weighted by Gasteiger charge is -2.04. The van der Waals surface area contributed by atoms with E-state index in [1.807, 2.05) is 13.8 Å². The zero-order valence-corrected chi connectivity index (χ0v) is 6.85. The minimum atomic E-state index is 0.622. The van der Waals surface area contributed by atoms with E-state index < -0.39 is 0 Å². The average Bonchev–Trinajstić information content (AvgIpc) is 1.97. The van der Waals surface area contributed by atoms with Crippen molar-refractivity contribution in [1.82, 2.24) is 0 Å². The summed E-state index contributed by atoms with van der Waals surface area (Å²) in [6, 6.07) is 0. The summed E-state index contributed by atoms with van der Waals surface area (Å²) in [5, 5.41) is 0. The molecule has 0 saturated heterocycles. The maximum absolute atomic E-state index is 5.11. The summed E-state index contributed by atoms with van der Waals surface area (Å²) in [6.07, 6.45) is 0. The van der Waals surface area contributed by atoms with Crippen LogP contribution >= 0.6 is 0 Å². The van der Waals surface area contributed by atoms with Crippen molar-refractivity contribution in [3.05, 3.63) is 12.2 Å². The summed E-state index contributed by atoms with van der Waals surface area (Å²) < 4.78 is 10.2. The fourth-order valence-electron chi connectivity index (χ4n) is 0.534. The minimum absolute atomic E-state index is 0.622. The summed E-state index contributed by atoms with van der Waals surface area (Å²) in [6.45, 7) is 10.4. The summed E-state index contributed by atoms with van der Waals surface area (Å²) in [5.41, 5.74) is 1.00. The van der Waals surface area contributed by atoms with Gasteiger partial charge in [-0.05, 0) is 19.4 Å². The van der Waals surface area contributed by atoms with Crippen LogP contribution in [0.4, 0.5) is 0 Å². The third kappa shape index (κ3) is 5.79. The molecule has 0 saturated carbocycles. The first-order chi connectivity index (χ1) is 4.81. The standard InChI is InChI=1S/C8H16O2/c1-4-9-6-8(3)7-10-5-2/h3-7H2,1-2H3. The van der Waals surface area contributed by atoms with Gasteiger partial charge >= 0.3 is 0 Å². The molecule has 2 nitrogen and oxygen atoms in total. The number of hydrogen-bond donors (Lipinski definition) is 0. The van der Waals surface area contributed by atoms with E-state index in [0.717, 1.165) is 18.8 Å². The zero-order valence-electron chi connectivity index (χ0n) is 6.85. The van der Waals surface area contributed by atoms with Crippen molar-refractivity contribution in [2.45, 2.75) is 13.8 Å². The van der Waals surface area contributed by atoms with Crippen molar-refractivity contribution >= 4 is 0 Å². The first-order valence-electron chi connectivity index (χ1n) is 3.63. The van der Waals surface area contributed by atoms with Crippen molar-refractivity contribution in [3.63, 3.8) is 0 Å². The molecule has 2 heteroatoms. The lowest BCUT2D eigenvalue weighted by Crippen LogP contribution is -2.03. The maximum atomic E-state index is 5.11. The second-order valence-corrected chi connectivity index (χ2v) is 2.02. The molecule has 0 aromatic heterocycles. The van der Waals surface area contributed by atoms with Crippen LogP contribution in [-0.2, 0) is 9.47 Å². The Morgan fingerprint density at radius 2 is 1.50 bits per heavy atom. The Kier molecular flexibility index (Phi) is 6.55. The minimum Gasteiger partial charge on any atom is -0.377 e. The molecule has 0 rings (SSSR count). The van der Waals surface area contributed by atoms with Gasteiger partial charge in [0.15, 0.2) is 0 Å². The third-order valence-electron chi connectivity index (χ3n) is 1.02. The molecule has 0 radical (unpaired) electrons. The summed E-state index contributed by atoms with van der Waals surface area (Å²) >= 11 is 0. The Hall–Kier alpha value is -0.340. The van der Waals surface area contributed by atoms with Gasteiger partial charge in [-0.15, -0.1) is 0 Å². The largest absolute Gasteiger partial charge is 0.377 e. The molecule has 0 unspecified atom stereocenters. The first kappa shape index (κ1) is 9.66. The topological polar surface area (TPSA) is 18.5 Å². The van der Waals surface area contributed by atoms with Crippen molar-refractivity contribution in [3.8, 4) is 0 Å². The molecular formula is C8H16O2. The van der Waals surface area contributed by atoms with E-state index in [4.69, 9.17) is 9.47 Å². The molecule has 0 N–H and O–H groups in total. The monoisotopic (exact) mass is 144 g/mol. The van der Waals surface area contributed by atoms with Crippen LogP contribution in [0.25, 0.3) is 0 Å². The second-order valence-electron chi connectivity index (χ2n) is 2.02. The third-order valence-corrected chi connectivity index (χ3v) is 1.02. The first-order valence-corrected chi connectivity index (χ1v) is 3.63. The molecular weight excluding hydrogens is 128 g/mol. The second kappa shape index (κ2) is 6.78. The predicted octanol–water partition coefficient (Wildman–Crippen LogP) is 1.62. The van der Waals surface area contributed by atoms with E-state index in [0.29, 0.717) is 13.2 Å². The average molecular weight is 144 g/mol. The zero-order chi connectivity index (χ0) is 7.82. The highest BCUT2D eigenvalue weighted by Gasteiger charge is 1.91. The van der Waals surface area contributed by atoms with Crippen LogP contribution in [0.2, 0.25) is 0 Å². The molecule has 60 valence electrons. The van der Waals surface area contributed by atoms with Gasteiger partial charge in [-0.1, -0.05) is 6.58 Å². The molecule has 0 aromatic carbocycles.